The molecule has 1 aliphatic rings. The van der Waals surface area contributed by atoms with Crippen molar-refractivity contribution in [2.75, 3.05) is 0 Å². The van der Waals surface area contributed by atoms with Gasteiger partial charge in [0.05, 0.1) is 5.92 Å². The molecular formula is C13H12FNO3. The van der Waals surface area contributed by atoms with Crippen LogP contribution in [0.2, 0.25) is 0 Å². The summed E-state index contributed by atoms with van der Waals surface area (Å²) in [4.78, 5) is 33.0. The largest absolute Gasteiger partial charge is 0.303 e. The van der Waals surface area contributed by atoms with Gasteiger partial charge in [-0.3, -0.25) is 14.9 Å². The van der Waals surface area contributed by atoms with Gasteiger partial charge in [0.15, 0.2) is 0 Å². The lowest BCUT2D eigenvalue weighted by Crippen LogP contribution is -2.39. The highest BCUT2D eigenvalue weighted by molar-refractivity contribution is 6.00. The van der Waals surface area contributed by atoms with Crippen molar-refractivity contribution in [2.45, 2.75) is 25.2 Å². The van der Waals surface area contributed by atoms with E-state index in [1.807, 2.05) is 0 Å². The minimum atomic E-state index is -0.498. The van der Waals surface area contributed by atoms with Crippen LogP contribution in [0.15, 0.2) is 18.2 Å². The first-order valence-corrected chi connectivity index (χ1v) is 5.67. The van der Waals surface area contributed by atoms with Crippen LogP contribution in [0, 0.1) is 5.82 Å². The fraction of sp³-hybridized carbons (Fsp3) is 0.308. The van der Waals surface area contributed by atoms with Gasteiger partial charge in [0.25, 0.3) is 0 Å². The minimum absolute atomic E-state index is 0.0153. The van der Waals surface area contributed by atoms with Gasteiger partial charge >= 0.3 is 0 Å². The number of piperidine rings is 1. The summed E-state index contributed by atoms with van der Waals surface area (Å²) in [5.74, 6) is -1.69. The van der Waals surface area contributed by atoms with Crippen LogP contribution >= 0.6 is 0 Å². The number of imide groups is 1. The Morgan fingerprint density at radius 3 is 2.78 bits per heavy atom. The zero-order chi connectivity index (χ0) is 13.1. The number of hydrogen-bond acceptors (Lipinski definition) is 3. The van der Waals surface area contributed by atoms with Crippen LogP contribution < -0.4 is 5.32 Å². The normalized spacial score (nSPS) is 19.5. The molecule has 4 nitrogen and oxygen atoms in total. The SMILES string of the molecule is O=CCc1ccc(C2CCC(=O)NC2=O)cc1F. The molecule has 1 heterocycles. The van der Waals surface area contributed by atoms with Gasteiger partial charge in [0, 0.05) is 12.8 Å². The van der Waals surface area contributed by atoms with Crippen LogP contribution in [0.5, 0.6) is 0 Å². The monoisotopic (exact) mass is 249 g/mol. The van der Waals surface area contributed by atoms with Crippen molar-refractivity contribution < 1.29 is 18.8 Å². The van der Waals surface area contributed by atoms with Crippen LogP contribution in [0.3, 0.4) is 0 Å². The van der Waals surface area contributed by atoms with Crippen molar-refractivity contribution in [3.05, 3.63) is 35.1 Å². The summed E-state index contributed by atoms with van der Waals surface area (Å²) in [7, 11) is 0. The van der Waals surface area contributed by atoms with Gasteiger partial charge in [-0.2, -0.15) is 0 Å². The second kappa shape index (κ2) is 5.08. The van der Waals surface area contributed by atoms with E-state index in [1.165, 1.54) is 12.1 Å². The second-order valence-corrected chi connectivity index (χ2v) is 4.23. The highest BCUT2D eigenvalue weighted by Gasteiger charge is 2.28. The van der Waals surface area contributed by atoms with Gasteiger partial charge in [-0.15, -0.1) is 0 Å². The number of nitrogens with one attached hydrogen (secondary N) is 1. The molecule has 1 aromatic rings. The number of aldehydes is 1. The van der Waals surface area contributed by atoms with Crippen molar-refractivity contribution in [1.29, 1.82) is 0 Å². The lowest BCUT2D eigenvalue weighted by molar-refractivity contribution is -0.134. The van der Waals surface area contributed by atoms with Crippen molar-refractivity contribution in [3.8, 4) is 0 Å². The Balaban J connectivity index is 2.23. The van der Waals surface area contributed by atoms with Crippen molar-refractivity contribution >= 4 is 18.1 Å². The van der Waals surface area contributed by atoms with Gasteiger partial charge in [-0.1, -0.05) is 12.1 Å². The van der Waals surface area contributed by atoms with Crippen LogP contribution in [0.25, 0.3) is 0 Å². The molecule has 0 radical (unpaired) electrons. The first kappa shape index (κ1) is 12.4. The zero-order valence-corrected chi connectivity index (χ0v) is 9.61. The molecule has 1 fully saturated rings. The Bertz CT molecular complexity index is 513. The maximum absolute atomic E-state index is 13.6. The molecule has 2 amide bonds. The predicted octanol–water partition coefficient (Wildman–Crippen LogP) is 1.09. The molecule has 1 aromatic carbocycles. The topological polar surface area (TPSA) is 63.2 Å². The van der Waals surface area contributed by atoms with E-state index in [0.717, 1.165) is 0 Å². The smallest absolute Gasteiger partial charge is 0.234 e. The van der Waals surface area contributed by atoms with Gasteiger partial charge in [-0.05, 0) is 23.6 Å². The lowest BCUT2D eigenvalue weighted by Gasteiger charge is -2.21. The van der Waals surface area contributed by atoms with E-state index in [1.54, 1.807) is 6.07 Å². The number of rotatable bonds is 3. The average molecular weight is 249 g/mol. The van der Waals surface area contributed by atoms with Crippen molar-refractivity contribution in [3.63, 3.8) is 0 Å². The van der Waals surface area contributed by atoms with Crippen LogP contribution in [0.1, 0.15) is 29.9 Å². The lowest BCUT2D eigenvalue weighted by atomic mass is 9.90. The van der Waals surface area contributed by atoms with Gasteiger partial charge in [-0.25, -0.2) is 4.39 Å². The summed E-state index contributed by atoms with van der Waals surface area (Å²) in [5.41, 5.74) is 0.841. The Hall–Kier alpha value is -2.04. The molecule has 94 valence electrons. The van der Waals surface area contributed by atoms with E-state index >= 15 is 0 Å². The maximum atomic E-state index is 13.6. The Morgan fingerprint density at radius 2 is 2.17 bits per heavy atom. The number of benzene rings is 1. The van der Waals surface area contributed by atoms with E-state index in [0.29, 0.717) is 23.8 Å². The molecule has 0 aliphatic carbocycles. The predicted molar refractivity (Wildman–Crippen MR) is 61.3 cm³/mol. The van der Waals surface area contributed by atoms with E-state index < -0.39 is 17.6 Å². The molecule has 1 saturated heterocycles. The molecule has 18 heavy (non-hydrogen) atoms. The summed E-state index contributed by atoms with van der Waals surface area (Å²) in [6.07, 6.45) is 1.29. The Kier molecular flexibility index (Phi) is 3.50. The van der Waals surface area contributed by atoms with E-state index in [4.69, 9.17) is 0 Å². The molecule has 0 bridgehead atoms. The molecule has 1 unspecified atom stereocenters. The molecule has 0 aromatic heterocycles. The second-order valence-electron chi connectivity index (χ2n) is 4.23. The van der Waals surface area contributed by atoms with Gasteiger partial charge < -0.3 is 4.79 Å². The quantitative estimate of drug-likeness (QED) is 0.644. The first-order chi connectivity index (χ1) is 8.61. The number of halogens is 1. The molecule has 0 saturated carbocycles. The number of hydrogen-bond donors (Lipinski definition) is 1. The van der Waals surface area contributed by atoms with E-state index in [-0.39, 0.29) is 18.7 Å². The third kappa shape index (κ3) is 2.45. The molecule has 1 atom stereocenters. The third-order valence-electron chi connectivity index (χ3n) is 3.02. The van der Waals surface area contributed by atoms with Crippen molar-refractivity contribution in [1.82, 2.24) is 5.32 Å². The average Bonchev–Trinajstić information content (AvgIpc) is 2.32. The van der Waals surface area contributed by atoms with E-state index in [2.05, 4.69) is 5.32 Å². The first-order valence-electron chi connectivity index (χ1n) is 5.67. The summed E-state index contributed by atoms with van der Waals surface area (Å²) in [6.45, 7) is 0. The summed E-state index contributed by atoms with van der Waals surface area (Å²) >= 11 is 0. The standard InChI is InChI=1S/C13H12FNO3/c14-11-7-9(2-1-8(11)5-6-16)10-3-4-12(17)15-13(10)18/h1-2,6-7,10H,3-5H2,(H,15,17,18). The molecule has 0 spiro atoms. The zero-order valence-electron chi connectivity index (χ0n) is 9.61. The minimum Gasteiger partial charge on any atom is -0.303 e. The Morgan fingerprint density at radius 1 is 1.39 bits per heavy atom. The molecule has 5 heteroatoms. The molecular weight excluding hydrogens is 237 g/mol. The fourth-order valence-corrected chi connectivity index (χ4v) is 2.05. The van der Waals surface area contributed by atoms with Crippen LogP contribution in [0.4, 0.5) is 4.39 Å². The number of carbonyl (C=O) groups excluding carboxylic acids is 3. The van der Waals surface area contributed by atoms with Crippen LogP contribution in [-0.2, 0) is 20.8 Å². The third-order valence-corrected chi connectivity index (χ3v) is 3.02. The Labute approximate surface area is 103 Å². The fourth-order valence-electron chi connectivity index (χ4n) is 2.05. The molecule has 2 rings (SSSR count). The van der Waals surface area contributed by atoms with E-state index in [9.17, 15) is 18.8 Å². The van der Waals surface area contributed by atoms with Crippen LogP contribution in [-0.4, -0.2) is 18.1 Å². The van der Waals surface area contributed by atoms with Gasteiger partial charge in [0.1, 0.15) is 12.1 Å². The number of amides is 2. The molecule has 1 aliphatic heterocycles. The highest BCUT2D eigenvalue weighted by Crippen LogP contribution is 2.26. The maximum Gasteiger partial charge on any atom is 0.234 e. The van der Waals surface area contributed by atoms with Crippen molar-refractivity contribution in [2.24, 2.45) is 0 Å². The molecule has 1 N–H and O–H groups in total. The van der Waals surface area contributed by atoms with Gasteiger partial charge in [0.2, 0.25) is 11.8 Å². The number of carbonyl (C=O) groups is 3. The summed E-state index contributed by atoms with van der Waals surface area (Å²) < 4.78 is 13.6. The highest BCUT2D eigenvalue weighted by atomic mass is 19.1. The summed E-state index contributed by atoms with van der Waals surface area (Å²) in [5, 5.41) is 2.23. The summed E-state index contributed by atoms with van der Waals surface area (Å²) in [6, 6.07) is 4.39.